The van der Waals surface area contributed by atoms with Gasteiger partial charge in [-0.1, -0.05) is 13.3 Å². The molecular formula is C15H29N5O. The lowest BCUT2D eigenvalue weighted by Gasteiger charge is -2.30. The summed E-state index contributed by atoms with van der Waals surface area (Å²) in [5.74, 6) is 6.78. The van der Waals surface area contributed by atoms with E-state index in [9.17, 15) is 0 Å². The van der Waals surface area contributed by atoms with Crippen molar-refractivity contribution in [1.82, 2.24) is 14.9 Å². The molecule has 0 aliphatic heterocycles. The van der Waals surface area contributed by atoms with Crippen molar-refractivity contribution in [2.75, 3.05) is 18.6 Å². The largest absolute Gasteiger partial charge is 0.476 e. The van der Waals surface area contributed by atoms with Crippen LogP contribution < -0.4 is 16.0 Å². The van der Waals surface area contributed by atoms with Gasteiger partial charge in [-0.15, -0.1) is 0 Å². The fraction of sp³-hybridized carbons (Fsp3) is 0.733. The first-order chi connectivity index (χ1) is 10.0. The molecule has 6 nitrogen and oxygen atoms in total. The Bertz CT molecular complexity index is 415. The van der Waals surface area contributed by atoms with E-state index >= 15 is 0 Å². The number of rotatable bonds is 9. The number of nitrogens with one attached hydrogen (secondary N) is 1. The van der Waals surface area contributed by atoms with E-state index in [0.717, 1.165) is 24.9 Å². The van der Waals surface area contributed by atoms with Crippen LogP contribution in [-0.4, -0.2) is 40.1 Å². The lowest BCUT2D eigenvalue weighted by Crippen LogP contribution is -2.39. The van der Waals surface area contributed by atoms with Crippen molar-refractivity contribution < 1.29 is 4.74 Å². The lowest BCUT2D eigenvalue weighted by atomic mass is 10.2. The second kappa shape index (κ2) is 8.79. The number of aromatic nitrogens is 2. The standard InChI is InChI=1S/C15H29N5O/c1-6-7-13-14(19-16)17-10-18-15(13)21-9-8-20(11(2)3)12(4)5/h10-12H,6-9,16H2,1-5H3,(H,17,18,19). The first kappa shape index (κ1) is 17.7. The molecule has 1 rings (SSSR count). The van der Waals surface area contributed by atoms with E-state index in [4.69, 9.17) is 10.6 Å². The van der Waals surface area contributed by atoms with E-state index in [-0.39, 0.29) is 0 Å². The molecule has 0 fully saturated rings. The molecule has 0 saturated carbocycles. The predicted molar refractivity (Wildman–Crippen MR) is 86.3 cm³/mol. The number of ether oxygens (including phenoxy) is 1. The highest BCUT2D eigenvalue weighted by molar-refractivity contribution is 5.47. The van der Waals surface area contributed by atoms with Gasteiger partial charge < -0.3 is 10.2 Å². The summed E-state index contributed by atoms with van der Waals surface area (Å²) in [5, 5.41) is 0. The number of hydrogen-bond donors (Lipinski definition) is 2. The Morgan fingerprint density at radius 1 is 1.24 bits per heavy atom. The quantitative estimate of drug-likeness (QED) is 0.537. The van der Waals surface area contributed by atoms with Gasteiger partial charge in [-0.25, -0.2) is 15.8 Å². The van der Waals surface area contributed by atoms with E-state index in [2.05, 4.69) is 54.9 Å². The van der Waals surface area contributed by atoms with Crippen LogP contribution in [0.3, 0.4) is 0 Å². The van der Waals surface area contributed by atoms with E-state index < -0.39 is 0 Å². The minimum absolute atomic E-state index is 0.496. The summed E-state index contributed by atoms with van der Waals surface area (Å²) >= 11 is 0. The average molecular weight is 295 g/mol. The summed E-state index contributed by atoms with van der Waals surface area (Å²) in [6, 6.07) is 0.991. The second-order valence-electron chi connectivity index (χ2n) is 5.67. The zero-order valence-corrected chi connectivity index (χ0v) is 13.9. The summed E-state index contributed by atoms with van der Waals surface area (Å²) in [7, 11) is 0. The van der Waals surface area contributed by atoms with Gasteiger partial charge in [0.05, 0.1) is 5.56 Å². The van der Waals surface area contributed by atoms with E-state index in [1.807, 2.05) is 0 Å². The number of anilines is 1. The van der Waals surface area contributed by atoms with Gasteiger partial charge in [0.2, 0.25) is 5.88 Å². The molecule has 3 N–H and O–H groups in total. The zero-order chi connectivity index (χ0) is 15.8. The van der Waals surface area contributed by atoms with Gasteiger partial charge >= 0.3 is 0 Å². The summed E-state index contributed by atoms with van der Waals surface area (Å²) in [5.41, 5.74) is 3.56. The maximum absolute atomic E-state index is 5.87. The van der Waals surface area contributed by atoms with Crippen molar-refractivity contribution >= 4 is 5.82 Å². The molecule has 120 valence electrons. The highest BCUT2D eigenvalue weighted by Gasteiger charge is 2.15. The van der Waals surface area contributed by atoms with Crippen molar-refractivity contribution in [1.29, 1.82) is 0 Å². The normalized spacial score (nSPS) is 11.5. The third-order valence-electron chi connectivity index (χ3n) is 3.46. The van der Waals surface area contributed by atoms with Gasteiger partial charge in [-0.2, -0.15) is 0 Å². The molecule has 1 aromatic rings. The monoisotopic (exact) mass is 295 g/mol. The highest BCUT2D eigenvalue weighted by atomic mass is 16.5. The van der Waals surface area contributed by atoms with Crippen molar-refractivity contribution in [3.63, 3.8) is 0 Å². The SMILES string of the molecule is CCCc1c(NN)ncnc1OCCN(C(C)C)C(C)C. The molecule has 0 spiro atoms. The zero-order valence-electron chi connectivity index (χ0n) is 13.9. The van der Waals surface area contributed by atoms with Crippen molar-refractivity contribution in [2.24, 2.45) is 5.84 Å². The molecule has 0 bridgehead atoms. The lowest BCUT2D eigenvalue weighted by molar-refractivity contribution is 0.139. The van der Waals surface area contributed by atoms with Gasteiger partial charge in [0.25, 0.3) is 0 Å². The Morgan fingerprint density at radius 2 is 1.90 bits per heavy atom. The van der Waals surface area contributed by atoms with Gasteiger partial charge in [0, 0.05) is 18.6 Å². The molecule has 0 unspecified atom stereocenters. The average Bonchev–Trinajstić information content (AvgIpc) is 2.44. The fourth-order valence-electron chi connectivity index (χ4n) is 2.48. The Morgan fingerprint density at radius 3 is 2.43 bits per heavy atom. The van der Waals surface area contributed by atoms with Crippen LogP contribution in [0, 0.1) is 0 Å². The molecule has 0 aliphatic rings. The van der Waals surface area contributed by atoms with Crippen LogP contribution in [0.4, 0.5) is 5.82 Å². The van der Waals surface area contributed by atoms with Crippen LogP contribution in [0.15, 0.2) is 6.33 Å². The maximum Gasteiger partial charge on any atom is 0.221 e. The van der Waals surface area contributed by atoms with Crippen LogP contribution >= 0.6 is 0 Å². The van der Waals surface area contributed by atoms with E-state index in [0.29, 0.717) is 30.4 Å². The van der Waals surface area contributed by atoms with Gasteiger partial charge in [0.15, 0.2) is 0 Å². The molecule has 0 amide bonds. The Hall–Kier alpha value is -1.40. The summed E-state index contributed by atoms with van der Waals surface area (Å²) in [4.78, 5) is 10.8. The second-order valence-corrected chi connectivity index (χ2v) is 5.67. The number of nitrogen functional groups attached to an aromatic ring is 1. The van der Waals surface area contributed by atoms with Crippen molar-refractivity contribution in [2.45, 2.75) is 59.5 Å². The van der Waals surface area contributed by atoms with E-state index in [1.54, 1.807) is 0 Å². The van der Waals surface area contributed by atoms with Crippen LogP contribution in [0.1, 0.15) is 46.6 Å². The van der Waals surface area contributed by atoms with Gasteiger partial charge in [-0.3, -0.25) is 4.90 Å². The molecule has 0 aromatic carbocycles. The van der Waals surface area contributed by atoms with Crippen LogP contribution in [0.2, 0.25) is 0 Å². The number of nitrogens with two attached hydrogens (primary N) is 1. The first-order valence-corrected chi connectivity index (χ1v) is 7.70. The van der Waals surface area contributed by atoms with Gasteiger partial charge in [-0.05, 0) is 34.1 Å². The van der Waals surface area contributed by atoms with Crippen molar-refractivity contribution in [3.05, 3.63) is 11.9 Å². The smallest absolute Gasteiger partial charge is 0.221 e. The third-order valence-corrected chi connectivity index (χ3v) is 3.46. The first-order valence-electron chi connectivity index (χ1n) is 7.70. The van der Waals surface area contributed by atoms with Gasteiger partial charge in [0.1, 0.15) is 18.8 Å². The molecule has 0 radical (unpaired) electrons. The molecule has 6 heteroatoms. The molecule has 0 atom stereocenters. The summed E-state index contributed by atoms with van der Waals surface area (Å²) in [6.07, 6.45) is 3.31. The summed E-state index contributed by atoms with van der Waals surface area (Å²) in [6.45, 7) is 12.4. The predicted octanol–water partition coefficient (Wildman–Crippen LogP) is 2.21. The number of hydrazine groups is 1. The van der Waals surface area contributed by atoms with Crippen molar-refractivity contribution in [3.8, 4) is 5.88 Å². The summed E-state index contributed by atoms with van der Waals surface area (Å²) < 4.78 is 5.87. The Balaban J connectivity index is 2.70. The number of nitrogens with zero attached hydrogens (tertiary/aromatic N) is 3. The molecular weight excluding hydrogens is 266 g/mol. The Kier molecular flexibility index (Phi) is 7.39. The third kappa shape index (κ3) is 5.13. The van der Waals surface area contributed by atoms with Crippen LogP contribution in [0.5, 0.6) is 5.88 Å². The molecule has 0 aliphatic carbocycles. The topological polar surface area (TPSA) is 76.3 Å². The van der Waals surface area contributed by atoms with Crippen LogP contribution in [-0.2, 0) is 6.42 Å². The van der Waals surface area contributed by atoms with Crippen LogP contribution in [0.25, 0.3) is 0 Å². The van der Waals surface area contributed by atoms with E-state index in [1.165, 1.54) is 6.33 Å². The molecule has 1 aromatic heterocycles. The minimum atomic E-state index is 0.496. The molecule has 21 heavy (non-hydrogen) atoms. The fourth-order valence-corrected chi connectivity index (χ4v) is 2.48. The maximum atomic E-state index is 5.87. The number of hydrogen-bond acceptors (Lipinski definition) is 6. The highest BCUT2D eigenvalue weighted by Crippen LogP contribution is 2.22. The Labute approximate surface area is 128 Å². The minimum Gasteiger partial charge on any atom is -0.476 e. The molecule has 1 heterocycles. The molecule has 0 saturated heterocycles.